The van der Waals surface area contributed by atoms with Gasteiger partial charge >= 0.3 is 6.18 Å². The van der Waals surface area contributed by atoms with E-state index in [-0.39, 0.29) is 0 Å². The molecule has 32 heavy (non-hydrogen) atoms. The summed E-state index contributed by atoms with van der Waals surface area (Å²) < 4.78 is 53.7. The van der Waals surface area contributed by atoms with E-state index in [4.69, 9.17) is 5.73 Å². The van der Waals surface area contributed by atoms with Crippen LogP contribution in [0.5, 0.6) is 0 Å². The van der Waals surface area contributed by atoms with Gasteiger partial charge in [-0.1, -0.05) is 0 Å². The van der Waals surface area contributed by atoms with E-state index >= 15 is 0 Å². The normalized spacial score (nSPS) is 13.4. The van der Waals surface area contributed by atoms with E-state index in [0.29, 0.717) is 22.3 Å². The molecule has 0 aliphatic carbocycles. The van der Waals surface area contributed by atoms with Crippen LogP contribution >= 0.6 is 0 Å². The molecule has 5 heterocycles. The lowest BCUT2D eigenvalue weighted by atomic mass is 10.1. The number of amides is 1. The molecular weight excluding hydrogens is 428 g/mol. The Labute approximate surface area is 179 Å². The highest BCUT2D eigenvalue weighted by Gasteiger charge is 2.32. The predicted octanol–water partition coefficient (Wildman–Crippen LogP) is 3.87. The second kappa shape index (κ2) is 8.40. The molecule has 0 bridgehead atoms. The molecule has 2 N–H and O–H groups in total. The van der Waals surface area contributed by atoms with Crippen LogP contribution in [0.3, 0.4) is 0 Å². The van der Waals surface area contributed by atoms with Gasteiger partial charge in [0.1, 0.15) is 11.5 Å². The Balaban J connectivity index is 0.000000165. The molecule has 11 heteroatoms. The van der Waals surface area contributed by atoms with E-state index in [9.17, 15) is 22.4 Å². The molecule has 1 aliphatic rings. The number of aromatic nitrogens is 5. The highest BCUT2D eigenvalue weighted by molar-refractivity contribution is 5.99. The summed E-state index contributed by atoms with van der Waals surface area (Å²) in [5.41, 5.74) is 7.14. The lowest BCUT2D eigenvalue weighted by Crippen LogP contribution is -2.10. The van der Waals surface area contributed by atoms with Gasteiger partial charge in [0, 0.05) is 24.0 Å². The van der Waals surface area contributed by atoms with Crippen LogP contribution in [0.2, 0.25) is 0 Å². The van der Waals surface area contributed by atoms with Crippen LogP contribution in [0.25, 0.3) is 16.8 Å². The third-order valence-electron chi connectivity index (χ3n) is 5.01. The molecule has 166 valence electrons. The molecule has 0 saturated carbocycles. The van der Waals surface area contributed by atoms with Crippen molar-refractivity contribution in [2.75, 3.05) is 0 Å². The van der Waals surface area contributed by atoms with Crippen molar-refractivity contribution >= 4 is 11.4 Å². The van der Waals surface area contributed by atoms with Gasteiger partial charge < -0.3 is 5.73 Å². The first-order valence-electron chi connectivity index (χ1n) is 9.75. The Morgan fingerprint density at radius 1 is 1.12 bits per heavy atom. The highest BCUT2D eigenvalue weighted by Crippen LogP contribution is 2.30. The van der Waals surface area contributed by atoms with Gasteiger partial charge in [0.05, 0.1) is 29.2 Å². The SMILES string of the molecule is FC(F)(F)c1cc(-c2cc3n(n2)CCCC3)ccn1.NC(=O)c1cnn2cc(F)ccc12. The summed E-state index contributed by atoms with van der Waals surface area (Å²) in [6.45, 7) is 0.840. The lowest BCUT2D eigenvalue weighted by Gasteiger charge is -2.11. The molecule has 0 fully saturated rings. The zero-order chi connectivity index (χ0) is 22.9. The van der Waals surface area contributed by atoms with E-state index in [1.54, 1.807) is 6.07 Å². The van der Waals surface area contributed by atoms with Crippen molar-refractivity contribution in [1.82, 2.24) is 24.4 Å². The van der Waals surface area contributed by atoms with Gasteiger partial charge in [-0.25, -0.2) is 8.91 Å². The van der Waals surface area contributed by atoms with Crippen molar-refractivity contribution in [3.8, 4) is 11.3 Å². The molecule has 0 spiro atoms. The summed E-state index contributed by atoms with van der Waals surface area (Å²) in [6.07, 6.45) is 2.36. The third kappa shape index (κ3) is 4.46. The minimum Gasteiger partial charge on any atom is -0.365 e. The average molecular weight is 446 g/mol. The van der Waals surface area contributed by atoms with Gasteiger partial charge in [0.15, 0.2) is 0 Å². The van der Waals surface area contributed by atoms with Crippen molar-refractivity contribution in [2.24, 2.45) is 5.73 Å². The van der Waals surface area contributed by atoms with Crippen LogP contribution < -0.4 is 5.73 Å². The highest BCUT2D eigenvalue weighted by atomic mass is 19.4. The summed E-state index contributed by atoms with van der Waals surface area (Å²) in [5, 5.41) is 8.14. The van der Waals surface area contributed by atoms with Gasteiger partial charge in [-0.3, -0.25) is 14.5 Å². The lowest BCUT2D eigenvalue weighted by molar-refractivity contribution is -0.141. The zero-order valence-electron chi connectivity index (χ0n) is 16.7. The number of hydrogen-bond donors (Lipinski definition) is 1. The summed E-state index contributed by atoms with van der Waals surface area (Å²) in [7, 11) is 0. The van der Waals surface area contributed by atoms with Crippen molar-refractivity contribution in [2.45, 2.75) is 32.0 Å². The van der Waals surface area contributed by atoms with E-state index in [1.165, 1.54) is 35.2 Å². The van der Waals surface area contributed by atoms with E-state index in [2.05, 4.69) is 15.2 Å². The van der Waals surface area contributed by atoms with E-state index in [0.717, 1.165) is 37.6 Å². The van der Waals surface area contributed by atoms with E-state index < -0.39 is 23.6 Å². The van der Waals surface area contributed by atoms with Gasteiger partial charge in [-0.05, 0) is 49.6 Å². The molecule has 4 aromatic heterocycles. The van der Waals surface area contributed by atoms with Crippen LogP contribution in [-0.2, 0) is 19.1 Å². The van der Waals surface area contributed by atoms with Crippen LogP contribution in [0.1, 0.15) is 34.6 Å². The first-order valence-corrected chi connectivity index (χ1v) is 9.75. The molecular formula is C21H18F4N6O. The minimum absolute atomic E-state index is 0.292. The predicted molar refractivity (Wildman–Crippen MR) is 107 cm³/mol. The van der Waals surface area contributed by atoms with E-state index in [1.807, 2.05) is 10.7 Å². The standard InChI is InChI=1S/C13H12F3N3.C8H6FN3O/c14-13(15,16)12-7-9(4-5-17-12)11-8-10-3-1-2-6-19(10)18-11;9-5-1-2-7-6(8(10)13)3-11-12(7)4-5/h4-5,7-8H,1-3,6H2;1-4H,(H2,10,13). The molecule has 1 aliphatic heterocycles. The number of carbonyl (C=O) groups is 1. The van der Waals surface area contributed by atoms with Crippen molar-refractivity contribution in [1.29, 1.82) is 0 Å². The van der Waals surface area contributed by atoms with Crippen LogP contribution in [0.15, 0.2) is 48.9 Å². The number of nitrogens with zero attached hydrogens (tertiary/aromatic N) is 5. The maximum absolute atomic E-state index is 12.7. The number of carbonyl (C=O) groups excluding carboxylic acids is 1. The molecule has 4 aromatic rings. The van der Waals surface area contributed by atoms with Crippen molar-refractivity contribution in [3.63, 3.8) is 0 Å². The van der Waals surface area contributed by atoms with Crippen LogP contribution in [0, 0.1) is 5.82 Å². The molecule has 1 amide bonds. The summed E-state index contributed by atoms with van der Waals surface area (Å²) >= 11 is 0. The van der Waals surface area contributed by atoms with Crippen LogP contribution in [-0.4, -0.2) is 30.3 Å². The number of fused-ring (bicyclic) bond motifs is 2. The number of primary amides is 1. The molecule has 5 rings (SSSR count). The zero-order valence-corrected chi connectivity index (χ0v) is 16.7. The van der Waals surface area contributed by atoms with Gasteiger partial charge in [-0.15, -0.1) is 0 Å². The topological polar surface area (TPSA) is 91.1 Å². The second-order valence-electron chi connectivity index (χ2n) is 7.23. The Bertz CT molecular complexity index is 1250. The number of aryl methyl sites for hydroxylation is 2. The summed E-state index contributed by atoms with van der Waals surface area (Å²) in [5.74, 6) is -0.978. The first-order chi connectivity index (χ1) is 15.2. The van der Waals surface area contributed by atoms with Crippen LogP contribution in [0.4, 0.5) is 17.6 Å². The quantitative estimate of drug-likeness (QED) is 0.473. The van der Waals surface area contributed by atoms with Gasteiger partial charge in [-0.2, -0.15) is 23.4 Å². The Hall–Kier alpha value is -3.76. The maximum atomic E-state index is 12.7. The van der Waals surface area contributed by atoms with Crippen molar-refractivity contribution in [3.05, 3.63) is 71.7 Å². The monoisotopic (exact) mass is 446 g/mol. The molecule has 0 aromatic carbocycles. The summed E-state index contributed by atoms with van der Waals surface area (Å²) in [6, 6.07) is 7.19. The number of halogens is 4. The average Bonchev–Trinajstić information content (AvgIpc) is 3.37. The fraction of sp³-hybridized carbons (Fsp3) is 0.238. The molecule has 0 saturated heterocycles. The maximum Gasteiger partial charge on any atom is 0.433 e. The number of hydrogen-bond acceptors (Lipinski definition) is 4. The first kappa shape index (κ1) is 21.5. The fourth-order valence-corrected chi connectivity index (χ4v) is 3.45. The number of rotatable bonds is 2. The Morgan fingerprint density at radius 2 is 1.94 bits per heavy atom. The molecule has 0 radical (unpaired) electrons. The minimum atomic E-state index is -4.42. The Morgan fingerprint density at radius 3 is 2.66 bits per heavy atom. The second-order valence-corrected chi connectivity index (χ2v) is 7.23. The molecule has 7 nitrogen and oxygen atoms in total. The van der Waals surface area contributed by atoms with Crippen molar-refractivity contribution < 1.29 is 22.4 Å². The number of nitrogens with two attached hydrogens (primary N) is 1. The molecule has 0 unspecified atom stereocenters. The number of pyridine rings is 2. The Kier molecular flexibility index (Phi) is 5.64. The van der Waals surface area contributed by atoms with Gasteiger partial charge in [0.25, 0.3) is 5.91 Å². The largest absolute Gasteiger partial charge is 0.433 e. The number of alkyl halides is 3. The fourth-order valence-electron chi connectivity index (χ4n) is 3.45. The third-order valence-corrected chi connectivity index (χ3v) is 5.01. The summed E-state index contributed by atoms with van der Waals surface area (Å²) in [4.78, 5) is 14.2. The molecule has 0 atom stereocenters. The van der Waals surface area contributed by atoms with Gasteiger partial charge in [0.2, 0.25) is 0 Å². The smallest absolute Gasteiger partial charge is 0.365 e.